The number of amides is 1. The van der Waals surface area contributed by atoms with Crippen LogP contribution < -0.4 is 5.32 Å². The molecule has 1 N–H and O–H groups in total. The molecule has 1 atom stereocenters. The summed E-state index contributed by atoms with van der Waals surface area (Å²) in [4.78, 5) is 17.5. The number of nitrogens with zero attached hydrogens (tertiary/aromatic N) is 2. The van der Waals surface area contributed by atoms with Gasteiger partial charge in [0.2, 0.25) is 5.91 Å². The van der Waals surface area contributed by atoms with E-state index in [4.69, 9.17) is 4.74 Å². The number of carbonyl (C=O) groups is 1. The van der Waals surface area contributed by atoms with Gasteiger partial charge in [-0.25, -0.2) is 0 Å². The Bertz CT molecular complexity index is 350. The summed E-state index contributed by atoms with van der Waals surface area (Å²) in [7, 11) is 1.70. The quantitative estimate of drug-likeness (QED) is 0.760. The number of nitrogens with one attached hydrogen (secondary N) is 1. The van der Waals surface area contributed by atoms with Crippen LogP contribution in [0, 0.1) is 11.3 Å². The van der Waals surface area contributed by atoms with E-state index in [0.717, 1.165) is 64.4 Å². The molecule has 0 spiro atoms. The van der Waals surface area contributed by atoms with E-state index < -0.39 is 0 Å². The van der Waals surface area contributed by atoms with Gasteiger partial charge in [0.05, 0.1) is 12.0 Å². The first-order chi connectivity index (χ1) is 10.6. The Kier molecular flexibility index (Phi) is 8.83. The zero-order valence-electron chi connectivity index (χ0n) is 15.0. The lowest BCUT2D eigenvalue weighted by Crippen LogP contribution is -2.51. The van der Waals surface area contributed by atoms with Crippen molar-refractivity contribution in [1.82, 2.24) is 15.1 Å². The predicted molar refractivity (Wildman–Crippen MR) is 96.1 cm³/mol. The molecule has 0 bridgehead atoms. The van der Waals surface area contributed by atoms with Crippen LogP contribution in [0.1, 0.15) is 33.1 Å². The second kappa shape index (κ2) is 9.82. The third-order valence-electron chi connectivity index (χ3n) is 5.43. The van der Waals surface area contributed by atoms with Gasteiger partial charge in [-0.1, -0.05) is 13.8 Å². The number of carbonyl (C=O) groups excluding carboxylic acids is 1. The summed E-state index contributed by atoms with van der Waals surface area (Å²) < 4.78 is 5.35. The van der Waals surface area contributed by atoms with Crippen molar-refractivity contribution >= 4 is 18.3 Å². The fraction of sp³-hybridized carbons (Fsp3) is 0.941. The molecular formula is C17H34ClN3O2. The van der Waals surface area contributed by atoms with E-state index in [0.29, 0.717) is 12.5 Å². The summed E-state index contributed by atoms with van der Waals surface area (Å²) in [5, 5.41) is 3.33. The van der Waals surface area contributed by atoms with Gasteiger partial charge < -0.3 is 19.9 Å². The lowest BCUT2D eigenvalue weighted by molar-refractivity contribution is -0.145. The molecule has 23 heavy (non-hydrogen) atoms. The molecule has 5 nitrogen and oxygen atoms in total. The smallest absolute Gasteiger partial charge is 0.232 e. The molecule has 0 aromatic carbocycles. The van der Waals surface area contributed by atoms with Crippen LogP contribution in [-0.2, 0) is 9.53 Å². The topological polar surface area (TPSA) is 44.8 Å². The summed E-state index contributed by atoms with van der Waals surface area (Å²) in [6, 6.07) is 0. The number of hydrogen-bond acceptors (Lipinski definition) is 4. The monoisotopic (exact) mass is 347 g/mol. The van der Waals surface area contributed by atoms with E-state index in [1.807, 2.05) is 0 Å². The maximum Gasteiger partial charge on any atom is 0.232 e. The largest absolute Gasteiger partial charge is 0.384 e. The summed E-state index contributed by atoms with van der Waals surface area (Å²) in [6.07, 6.45) is 3.18. The molecule has 0 saturated carbocycles. The molecule has 2 rings (SSSR count). The number of hydrogen-bond donors (Lipinski definition) is 1. The Morgan fingerprint density at radius 3 is 2.43 bits per heavy atom. The molecular weight excluding hydrogens is 314 g/mol. The second-order valence-electron chi connectivity index (χ2n) is 6.86. The van der Waals surface area contributed by atoms with E-state index in [9.17, 15) is 4.79 Å². The zero-order valence-corrected chi connectivity index (χ0v) is 15.8. The average molecular weight is 348 g/mol. The van der Waals surface area contributed by atoms with Gasteiger partial charge in [-0.3, -0.25) is 4.79 Å². The van der Waals surface area contributed by atoms with Crippen molar-refractivity contribution in [2.75, 3.05) is 59.5 Å². The first-order valence-corrected chi connectivity index (χ1v) is 8.86. The normalized spacial score (nSPS) is 25.7. The molecule has 1 unspecified atom stereocenters. The fourth-order valence-corrected chi connectivity index (χ4v) is 3.89. The minimum Gasteiger partial charge on any atom is -0.384 e. The number of likely N-dealkylation sites (tertiary alicyclic amines) is 1. The second-order valence-corrected chi connectivity index (χ2v) is 6.86. The lowest BCUT2D eigenvalue weighted by Gasteiger charge is -2.39. The standard InChI is InChI=1S/C17H33N3O2.ClH/c1-4-19(5-2)12-15-6-10-20(11-7-15)16(21)17(14-22-3)8-9-18-13-17;/h15,18H,4-14H2,1-3H3;1H. The molecule has 2 aliphatic heterocycles. The highest BCUT2D eigenvalue weighted by Crippen LogP contribution is 2.30. The van der Waals surface area contributed by atoms with Crippen molar-refractivity contribution in [3.8, 4) is 0 Å². The fourth-order valence-electron chi connectivity index (χ4n) is 3.89. The van der Waals surface area contributed by atoms with Gasteiger partial charge in [0.1, 0.15) is 0 Å². The summed E-state index contributed by atoms with van der Waals surface area (Å²) in [6.45, 7) is 11.9. The molecule has 6 heteroatoms. The Hall–Kier alpha value is -0.360. The van der Waals surface area contributed by atoms with Crippen molar-refractivity contribution in [2.24, 2.45) is 11.3 Å². The van der Waals surface area contributed by atoms with Crippen LogP contribution in [0.4, 0.5) is 0 Å². The van der Waals surface area contributed by atoms with E-state index in [1.54, 1.807) is 7.11 Å². The molecule has 0 aromatic heterocycles. The van der Waals surface area contributed by atoms with Gasteiger partial charge in [0.15, 0.2) is 0 Å². The molecule has 136 valence electrons. The Balaban J connectivity index is 0.00000264. The molecule has 2 heterocycles. The molecule has 2 fully saturated rings. The van der Waals surface area contributed by atoms with Crippen LogP contribution in [0.25, 0.3) is 0 Å². The molecule has 0 aliphatic carbocycles. The molecule has 0 radical (unpaired) electrons. The van der Waals surface area contributed by atoms with E-state index in [1.165, 1.54) is 6.54 Å². The first kappa shape index (κ1) is 20.7. The van der Waals surface area contributed by atoms with Crippen LogP contribution in [0.3, 0.4) is 0 Å². The molecule has 2 aliphatic rings. The van der Waals surface area contributed by atoms with Crippen LogP contribution in [0.5, 0.6) is 0 Å². The zero-order chi connectivity index (χ0) is 16.0. The van der Waals surface area contributed by atoms with E-state index in [-0.39, 0.29) is 17.8 Å². The van der Waals surface area contributed by atoms with Gasteiger partial charge >= 0.3 is 0 Å². The average Bonchev–Trinajstić information content (AvgIpc) is 3.02. The van der Waals surface area contributed by atoms with Crippen LogP contribution in [0.15, 0.2) is 0 Å². The Morgan fingerprint density at radius 2 is 1.96 bits per heavy atom. The Labute approximate surface area is 147 Å². The van der Waals surface area contributed by atoms with Crippen LogP contribution in [0.2, 0.25) is 0 Å². The molecule has 0 aromatic rings. The van der Waals surface area contributed by atoms with E-state index in [2.05, 4.69) is 29.0 Å². The summed E-state index contributed by atoms with van der Waals surface area (Å²) in [5.41, 5.74) is -0.319. The maximum absolute atomic E-state index is 12.9. The van der Waals surface area contributed by atoms with Gasteiger partial charge in [-0.2, -0.15) is 0 Å². The highest BCUT2D eigenvalue weighted by Gasteiger charge is 2.44. The van der Waals surface area contributed by atoms with Crippen molar-refractivity contribution in [3.63, 3.8) is 0 Å². The minimum absolute atomic E-state index is 0. The number of rotatable bonds is 7. The van der Waals surface area contributed by atoms with Gasteiger partial charge in [-0.05, 0) is 44.8 Å². The van der Waals surface area contributed by atoms with Crippen molar-refractivity contribution in [2.45, 2.75) is 33.1 Å². The van der Waals surface area contributed by atoms with Crippen molar-refractivity contribution < 1.29 is 9.53 Å². The number of ether oxygens (including phenoxy) is 1. The first-order valence-electron chi connectivity index (χ1n) is 8.86. The van der Waals surface area contributed by atoms with Crippen molar-refractivity contribution in [3.05, 3.63) is 0 Å². The van der Waals surface area contributed by atoms with Gasteiger partial charge in [0.25, 0.3) is 0 Å². The summed E-state index contributed by atoms with van der Waals surface area (Å²) in [5.74, 6) is 1.05. The number of piperidine rings is 1. The number of halogens is 1. The maximum atomic E-state index is 12.9. The Morgan fingerprint density at radius 1 is 1.30 bits per heavy atom. The minimum atomic E-state index is -0.319. The third kappa shape index (κ3) is 5.05. The van der Waals surface area contributed by atoms with Crippen molar-refractivity contribution in [1.29, 1.82) is 0 Å². The van der Waals surface area contributed by atoms with Crippen LogP contribution in [-0.4, -0.2) is 75.2 Å². The predicted octanol–water partition coefficient (Wildman–Crippen LogP) is 1.61. The highest BCUT2D eigenvalue weighted by molar-refractivity contribution is 5.85. The lowest BCUT2D eigenvalue weighted by atomic mass is 9.85. The third-order valence-corrected chi connectivity index (χ3v) is 5.43. The molecule has 1 amide bonds. The van der Waals surface area contributed by atoms with Crippen LogP contribution >= 0.6 is 12.4 Å². The van der Waals surface area contributed by atoms with E-state index >= 15 is 0 Å². The molecule has 2 saturated heterocycles. The number of methoxy groups -OCH3 is 1. The SMILES string of the molecule is CCN(CC)CC1CCN(C(=O)C2(COC)CCNC2)CC1.Cl. The summed E-state index contributed by atoms with van der Waals surface area (Å²) >= 11 is 0. The van der Waals surface area contributed by atoms with Gasteiger partial charge in [0, 0.05) is 33.3 Å². The van der Waals surface area contributed by atoms with Gasteiger partial charge in [-0.15, -0.1) is 12.4 Å². The highest BCUT2D eigenvalue weighted by atomic mass is 35.5.